The number of hydrogen-bond acceptors (Lipinski definition) is 3. The largest absolute Gasteiger partial charge is 0.370 e. The molecule has 0 unspecified atom stereocenters. The third kappa shape index (κ3) is 4.82. The lowest BCUT2D eigenvalue weighted by molar-refractivity contribution is -0.135. The molecule has 0 bridgehead atoms. The van der Waals surface area contributed by atoms with Crippen LogP contribution in [0.3, 0.4) is 0 Å². The summed E-state index contributed by atoms with van der Waals surface area (Å²) in [6.45, 7) is 1.22. The van der Waals surface area contributed by atoms with Crippen LogP contribution >= 0.6 is 23.2 Å². The highest BCUT2D eigenvalue weighted by Gasteiger charge is 2.11. The summed E-state index contributed by atoms with van der Waals surface area (Å²) >= 11 is 11.8. The third-order valence-corrected chi connectivity index (χ3v) is 2.92. The van der Waals surface area contributed by atoms with Gasteiger partial charge in [0.15, 0.2) is 0 Å². The summed E-state index contributed by atoms with van der Waals surface area (Å²) in [7, 11) is 1.69. The van der Waals surface area contributed by atoms with E-state index in [9.17, 15) is 4.79 Å². The van der Waals surface area contributed by atoms with Crippen molar-refractivity contribution in [1.82, 2.24) is 4.90 Å². The monoisotopic (exact) mass is 290 g/mol. The maximum Gasteiger partial charge on any atom is 0.248 e. The molecule has 0 spiro atoms. The summed E-state index contributed by atoms with van der Waals surface area (Å²) in [6.07, 6.45) is 0. The van der Waals surface area contributed by atoms with Crippen molar-refractivity contribution < 1.29 is 9.53 Å². The summed E-state index contributed by atoms with van der Waals surface area (Å²) in [5.74, 6) is -0.116. The van der Waals surface area contributed by atoms with Gasteiger partial charge in [-0.2, -0.15) is 0 Å². The molecule has 1 amide bonds. The van der Waals surface area contributed by atoms with Crippen molar-refractivity contribution in [1.29, 1.82) is 0 Å². The van der Waals surface area contributed by atoms with Gasteiger partial charge in [0.1, 0.15) is 6.61 Å². The number of nitrogens with two attached hydrogens (primary N) is 1. The van der Waals surface area contributed by atoms with Crippen LogP contribution in [0.4, 0.5) is 0 Å². The van der Waals surface area contributed by atoms with Crippen LogP contribution in [-0.2, 0) is 16.1 Å². The Morgan fingerprint density at radius 3 is 2.78 bits per heavy atom. The Hall–Kier alpha value is -0.810. The molecule has 0 aliphatic heterocycles. The molecule has 0 heterocycles. The molecule has 0 saturated carbocycles. The lowest BCUT2D eigenvalue weighted by atomic mass is 10.2. The minimum atomic E-state index is -0.116. The van der Waals surface area contributed by atoms with Gasteiger partial charge in [0, 0.05) is 30.2 Å². The maximum atomic E-state index is 11.7. The van der Waals surface area contributed by atoms with Gasteiger partial charge in [-0.05, 0) is 17.7 Å². The average Bonchev–Trinajstić information content (AvgIpc) is 2.32. The fourth-order valence-corrected chi connectivity index (χ4v) is 1.81. The predicted molar refractivity (Wildman–Crippen MR) is 72.8 cm³/mol. The van der Waals surface area contributed by atoms with E-state index in [0.717, 1.165) is 5.56 Å². The molecule has 0 aliphatic carbocycles. The van der Waals surface area contributed by atoms with Gasteiger partial charge in [0.05, 0.1) is 6.61 Å². The first-order chi connectivity index (χ1) is 8.54. The van der Waals surface area contributed by atoms with Gasteiger partial charge >= 0.3 is 0 Å². The van der Waals surface area contributed by atoms with Crippen LogP contribution < -0.4 is 5.73 Å². The SMILES string of the molecule is CN(Cc1ccc(Cl)cc1Cl)C(=O)COCCN. The van der Waals surface area contributed by atoms with Crippen molar-refractivity contribution in [2.75, 3.05) is 26.8 Å². The molecule has 18 heavy (non-hydrogen) atoms. The Morgan fingerprint density at radius 1 is 1.44 bits per heavy atom. The molecule has 0 atom stereocenters. The summed E-state index contributed by atoms with van der Waals surface area (Å²) in [6, 6.07) is 5.20. The molecule has 1 aromatic carbocycles. The van der Waals surface area contributed by atoms with Gasteiger partial charge < -0.3 is 15.4 Å². The molecule has 6 heteroatoms. The fourth-order valence-electron chi connectivity index (χ4n) is 1.35. The van der Waals surface area contributed by atoms with Crippen molar-refractivity contribution in [2.45, 2.75) is 6.54 Å². The number of halogens is 2. The first-order valence-corrected chi connectivity index (χ1v) is 6.26. The van der Waals surface area contributed by atoms with Gasteiger partial charge in [-0.1, -0.05) is 29.3 Å². The van der Waals surface area contributed by atoms with Crippen LogP contribution in [-0.4, -0.2) is 37.6 Å². The first kappa shape index (κ1) is 15.2. The lowest BCUT2D eigenvalue weighted by Gasteiger charge is -2.18. The standard InChI is InChI=1S/C12H16Cl2N2O2/c1-16(12(17)8-18-5-4-15)7-9-2-3-10(13)6-11(9)14/h2-3,6H,4-5,7-8,15H2,1H3. The minimum absolute atomic E-state index is 0.0267. The summed E-state index contributed by atoms with van der Waals surface area (Å²) in [5, 5.41) is 1.12. The minimum Gasteiger partial charge on any atom is -0.370 e. The molecule has 0 radical (unpaired) electrons. The zero-order chi connectivity index (χ0) is 13.5. The van der Waals surface area contributed by atoms with Gasteiger partial charge in [0.25, 0.3) is 0 Å². The number of carbonyl (C=O) groups excluding carboxylic acids is 1. The van der Waals surface area contributed by atoms with Crippen molar-refractivity contribution in [2.24, 2.45) is 5.73 Å². The van der Waals surface area contributed by atoms with Crippen LogP contribution in [0.25, 0.3) is 0 Å². The Balaban J connectivity index is 2.53. The van der Waals surface area contributed by atoms with E-state index in [-0.39, 0.29) is 12.5 Å². The Kier molecular flexibility index (Phi) is 6.43. The quantitative estimate of drug-likeness (QED) is 0.815. The number of carbonyl (C=O) groups is 1. The van der Waals surface area contributed by atoms with Crippen LogP contribution in [0.2, 0.25) is 10.0 Å². The number of amides is 1. The molecule has 0 saturated heterocycles. The van der Waals surface area contributed by atoms with E-state index in [1.165, 1.54) is 0 Å². The molecule has 1 aromatic rings. The predicted octanol–water partition coefficient (Wildman–Crippen LogP) is 1.93. The van der Waals surface area contributed by atoms with Crippen LogP contribution in [0.1, 0.15) is 5.56 Å². The summed E-state index contributed by atoms with van der Waals surface area (Å²) in [5.41, 5.74) is 6.11. The number of nitrogens with zero attached hydrogens (tertiary/aromatic N) is 1. The zero-order valence-corrected chi connectivity index (χ0v) is 11.7. The lowest BCUT2D eigenvalue weighted by Crippen LogP contribution is -2.30. The molecular formula is C12H16Cl2N2O2. The number of benzene rings is 1. The van der Waals surface area contributed by atoms with Crippen LogP contribution in [0.5, 0.6) is 0 Å². The molecule has 100 valence electrons. The van der Waals surface area contributed by atoms with E-state index in [4.69, 9.17) is 33.7 Å². The smallest absolute Gasteiger partial charge is 0.248 e. The highest BCUT2D eigenvalue weighted by atomic mass is 35.5. The summed E-state index contributed by atoms with van der Waals surface area (Å²) < 4.78 is 5.08. The second-order valence-corrected chi connectivity index (χ2v) is 4.67. The van der Waals surface area contributed by atoms with Crippen molar-refractivity contribution >= 4 is 29.1 Å². The second-order valence-electron chi connectivity index (χ2n) is 3.83. The average molecular weight is 291 g/mol. The highest BCUT2D eigenvalue weighted by molar-refractivity contribution is 6.35. The summed E-state index contributed by atoms with van der Waals surface area (Å²) in [4.78, 5) is 13.2. The van der Waals surface area contributed by atoms with Gasteiger partial charge in [-0.25, -0.2) is 0 Å². The van der Waals surface area contributed by atoms with Crippen molar-refractivity contribution in [3.8, 4) is 0 Å². The normalized spacial score (nSPS) is 10.4. The van der Waals surface area contributed by atoms with Crippen molar-refractivity contribution in [3.63, 3.8) is 0 Å². The Labute approximate surface area is 117 Å². The first-order valence-electron chi connectivity index (χ1n) is 5.50. The van der Waals surface area contributed by atoms with E-state index >= 15 is 0 Å². The number of likely N-dealkylation sites (N-methyl/N-ethyl adjacent to an activating group) is 1. The maximum absolute atomic E-state index is 11.7. The van der Waals surface area contributed by atoms with E-state index < -0.39 is 0 Å². The highest BCUT2D eigenvalue weighted by Crippen LogP contribution is 2.21. The van der Waals surface area contributed by atoms with Gasteiger partial charge in [-0.3, -0.25) is 4.79 Å². The van der Waals surface area contributed by atoms with Crippen LogP contribution in [0, 0.1) is 0 Å². The third-order valence-electron chi connectivity index (χ3n) is 2.34. The van der Waals surface area contributed by atoms with E-state index in [2.05, 4.69) is 0 Å². The van der Waals surface area contributed by atoms with E-state index in [1.807, 2.05) is 0 Å². The molecule has 4 nitrogen and oxygen atoms in total. The molecule has 0 fully saturated rings. The second kappa shape index (κ2) is 7.59. The number of ether oxygens (including phenoxy) is 1. The molecule has 1 rings (SSSR count). The fraction of sp³-hybridized carbons (Fsp3) is 0.417. The molecular weight excluding hydrogens is 275 g/mol. The Morgan fingerprint density at radius 2 is 2.17 bits per heavy atom. The Bertz CT molecular complexity index is 413. The molecule has 2 N–H and O–H groups in total. The van der Waals surface area contributed by atoms with Gasteiger partial charge in [0.2, 0.25) is 5.91 Å². The zero-order valence-electron chi connectivity index (χ0n) is 10.2. The number of hydrogen-bond donors (Lipinski definition) is 1. The molecule has 0 aliphatic rings. The van der Waals surface area contributed by atoms with Crippen molar-refractivity contribution in [3.05, 3.63) is 33.8 Å². The van der Waals surface area contributed by atoms with Crippen LogP contribution in [0.15, 0.2) is 18.2 Å². The topological polar surface area (TPSA) is 55.6 Å². The van der Waals surface area contributed by atoms with E-state index in [0.29, 0.717) is 29.7 Å². The number of rotatable bonds is 6. The van der Waals surface area contributed by atoms with E-state index in [1.54, 1.807) is 30.1 Å². The van der Waals surface area contributed by atoms with Gasteiger partial charge in [-0.15, -0.1) is 0 Å². The molecule has 0 aromatic heterocycles.